The number of nitrogens with two attached hydrogens (primary N) is 1. The van der Waals surface area contributed by atoms with Gasteiger partial charge in [0.05, 0.1) is 6.33 Å². The summed E-state index contributed by atoms with van der Waals surface area (Å²) in [6.07, 6.45) is 6.51. The van der Waals surface area contributed by atoms with Crippen LogP contribution in [0.25, 0.3) is 0 Å². The SMILES string of the molecule is CC(N)CCCC(=O)NCCc1cnc[nH]1. The van der Waals surface area contributed by atoms with Crippen molar-refractivity contribution in [2.24, 2.45) is 5.73 Å². The molecule has 5 nitrogen and oxygen atoms in total. The number of nitrogens with zero attached hydrogens (tertiary/aromatic N) is 1. The van der Waals surface area contributed by atoms with Gasteiger partial charge in [-0.15, -0.1) is 0 Å². The van der Waals surface area contributed by atoms with Crippen molar-refractivity contribution in [3.63, 3.8) is 0 Å². The molecule has 1 aromatic heterocycles. The Bertz CT molecular complexity index is 295. The standard InChI is InChI=1S/C11H20N4O/c1-9(12)3-2-4-11(16)14-6-5-10-7-13-8-15-10/h7-9H,2-6,12H2,1H3,(H,13,15)(H,14,16). The van der Waals surface area contributed by atoms with Crippen molar-refractivity contribution < 1.29 is 4.79 Å². The van der Waals surface area contributed by atoms with Gasteiger partial charge in [0.2, 0.25) is 5.91 Å². The van der Waals surface area contributed by atoms with Crippen LogP contribution in [0.3, 0.4) is 0 Å². The fourth-order valence-electron chi connectivity index (χ4n) is 1.43. The van der Waals surface area contributed by atoms with Crippen molar-refractivity contribution in [2.75, 3.05) is 6.54 Å². The molecule has 0 aliphatic carbocycles. The zero-order chi connectivity index (χ0) is 11.8. The first-order valence-electron chi connectivity index (χ1n) is 5.68. The van der Waals surface area contributed by atoms with Crippen LogP contribution in [-0.2, 0) is 11.2 Å². The van der Waals surface area contributed by atoms with Crippen LogP contribution >= 0.6 is 0 Å². The monoisotopic (exact) mass is 224 g/mol. The summed E-state index contributed by atoms with van der Waals surface area (Å²) in [5.74, 6) is 0.0974. The maximum absolute atomic E-state index is 11.4. The molecule has 0 saturated carbocycles. The number of hydrogen-bond donors (Lipinski definition) is 3. The van der Waals surface area contributed by atoms with E-state index >= 15 is 0 Å². The Hall–Kier alpha value is -1.36. The first kappa shape index (κ1) is 12.7. The van der Waals surface area contributed by atoms with E-state index in [1.165, 1.54) is 0 Å². The van der Waals surface area contributed by atoms with Crippen molar-refractivity contribution >= 4 is 5.91 Å². The topological polar surface area (TPSA) is 83.8 Å². The zero-order valence-corrected chi connectivity index (χ0v) is 9.70. The second kappa shape index (κ2) is 7.00. The Labute approximate surface area is 95.8 Å². The molecule has 5 heteroatoms. The number of aromatic nitrogens is 2. The molecule has 1 amide bonds. The van der Waals surface area contributed by atoms with Crippen LogP contribution in [0.4, 0.5) is 0 Å². The Morgan fingerprint density at radius 2 is 2.50 bits per heavy atom. The van der Waals surface area contributed by atoms with Gasteiger partial charge in [0.1, 0.15) is 0 Å². The molecule has 0 fully saturated rings. The summed E-state index contributed by atoms with van der Waals surface area (Å²) in [6.45, 7) is 2.61. The molecule has 4 N–H and O–H groups in total. The number of aromatic amines is 1. The van der Waals surface area contributed by atoms with Crippen LogP contribution < -0.4 is 11.1 Å². The third-order valence-corrected chi connectivity index (χ3v) is 2.33. The molecular formula is C11H20N4O. The van der Waals surface area contributed by atoms with Crippen molar-refractivity contribution in [3.05, 3.63) is 18.2 Å². The van der Waals surface area contributed by atoms with Gasteiger partial charge >= 0.3 is 0 Å². The number of rotatable bonds is 7. The summed E-state index contributed by atoms with van der Waals surface area (Å²) in [7, 11) is 0. The fourth-order valence-corrected chi connectivity index (χ4v) is 1.43. The highest BCUT2D eigenvalue weighted by Crippen LogP contribution is 1.98. The van der Waals surface area contributed by atoms with Gasteiger partial charge in [-0.05, 0) is 19.8 Å². The molecule has 0 saturated heterocycles. The first-order chi connectivity index (χ1) is 7.68. The van der Waals surface area contributed by atoms with Crippen LogP contribution in [-0.4, -0.2) is 28.5 Å². The highest BCUT2D eigenvalue weighted by atomic mass is 16.1. The van der Waals surface area contributed by atoms with Crippen molar-refractivity contribution in [3.8, 4) is 0 Å². The lowest BCUT2D eigenvalue weighted by atomic mass is 10.1. The van der Waals surface area contributed by atoms with Crippen LogP contribution in [0.5, 0.6) is 0 Å². The molecule has 1 aromatic rings. The molecule has 0 aliphatic heterocycles. The van der Waals surface area contributed by atoms with E-state index in [0.717, 1.165) is 25.0 Å². The lowest BCUT2D eigenvalue weighted by Crippen LogP contribution is -2.26. The van der Waals surface area contributed by atoms with Gasteiger partial charge in [0.15, 0.2) is 0 Å². The molecule has 90 valence electrons. The maximum Gasteiger partial charge on any atom is 0.220 e. The highest BCUT2D eigenvalue weighted by Gasteiger charge is 2.02. The fraction of sp³-hybridized carbons (Fsp3) is 0.636. The minimum absolute atomic E-state index is 0.0974. The number of imidazole rings is 1. The molecule has 1 rings (SSSR count). The van der Waals surface area contributed by atoms with Gasteiger partial charge in [-0.25, -0.2) is 4.98 Å². The number of H-pyrrole nitrogens is 1. The number of amides is 1. The zero-order valence-electron chi connectivity index (χ0n) is 9.70. The van der Waals surface area contributed by atoms with Gasteiger partial charge < -0.3 is 16.0 Å². The summed E-state index contributed by atoms with van der Waals surface area (Å²) in [4.78, 5) is 18.3. The van der Waals surface area contributed by atoms with Crippen LogP contribution in [0.1, 0.15) is 31.9 Å². The summed E-state index contributed by atoms with van der Waals surface area (Å²) in [5.41, 5.74) is 6.64. The third-order valence-electron chi connectivity index (χ3n) is 2.33. The Morgan fingerprint density at radius 1 is 1.69 bits per heavy atom. The predicted octanol–water partition coefficient (Wildman–Crippen LogP) is 0.586. The van der Waals surface area contributed by atoms with E-state index in [0.29, 0.717) is 13.0 Å². The molecule has 1 atom stereocenters. The van der Waals surface area contributed by atoms with Crippen LogP contribution in [0.15, 0.2) is 12.5 Å². The highest BCUT2D eigenvalue weighted by molar-refractivity contribution is 5.75. The molecule has 0 spiro atoms. The third kappa shape index (κ3) is 5.50. The van der Waals surface area contributed by atoms with Gasteiger partial charge in [-0.2, -0.15) is 0 Å². The minimum atomic E-state index is 0.0974. The van der Waals surface area contributed by atoms with E-state index in [1.54, 1.807) is 12.5 Å². The van der Waals surface area contributed by atoms with E-state index in [4.69, 9.17) is 5.73 Å². The van der Waals surface area contributed by atoms with E-state index in [2.05, 4.69) is 15.3 Å². The van der Waals surface area contributed by atoms with Gasteiger partial charge in [-0.1, -0.05) is 0 Å². The lowest BCUT2D eigenvalue weighted by molar-refractivity contribution is -0.121. The lowest BCUT2D eigenvalue weighted by Gasteiger charge is -2.05. The van der Waals surface area contributed by atoms with E-state index < -0.39 is 0 Å². The maximum atomic E-state index is 11.4. The normalized spacial score (nSPS) is 12.4. The average Bonchev–Trinajstić information content (AvgIpc) is 2.70. The molecule has 16 heavy (non-hydrogen) atoms. The molecule has 1 heterocycles. The number of carbonyl (C=O) groups is 1. The quantitative estimate of drug-likeness (QED) is 0.633. The number of hydrogen-bond acceptors (Lipinski definition) is 3. The largest absolute Gasteiger partial charge is 0.356 e. The summed E-state index contributed by atoms with van der Waals surface area (Å²) < 4.78 is 0. The first-order valence-corrected chi connectivity index (χ1v) is 5.68. The summed E-state index contributed by atoms with van der Waals surface area (Å²) in [6, 6.07) is 0.179. The Balaban J connectivity index is 2.02. The molecule has 1 unspecified atom stereocenters. The van der Waals surface area contributed by atoms with Crippen molar-refractivity contribution in [1.29, 1.82) is 0 Å². The van der Waals surface area contributed by atoms with E-state index in [1.807, 2.05) is 6.92 Å². The van der Waals surface area contributed by atoms with Gasteiger partial charge in [0, 0.05) is 37.3 Å². The smallest absolute Gasteiger partial charge is 0.220 e. The van der Waals surface area contributed by atoms with Crippen LogP contribution in [0, 0.1) is 0 Å². The van der Waals surface area contributed by atoms with Crippen molar-refractivity contribution in [1.82, 2.24) is 15.3 Å². The second-order valence-corrected chi connectivity index (χ2v) is 4.05. The Morgan fingerprint density at radius 3 is 3.12 bits per heavy atom. The molecule has 0 aromatic carbocycles. The summed E-state index contributed by atoms with van der Waals surface area (Å²) >= 11 is 0. The molecule has 0 radical (unpaired) electrons. The number of nitrogens with one attached hydrogen (secondary N) is 2. The summed E-state index contributed by atoms with van der Waals surface area (Å²) in [5, 5.41) is 2.87. The Kier molecular flexibility index (Phi) is 5.56. The average molecular weight is 224 g/mol. The molecular weight excluding hydrogens is 204 g/mol. The van der Waals surface area contributed by atoms with E-state index in [9.17, 15) is 4.79 Å². The van der Waals surface area contributed by atoms with E-state index in [-0.39, 0.29) is 11.9 Å². The van der Waals surface area contributed by atoms with Crippen LogP contribution in [0.2, 0.25) is 0 Å². The number of carbonyl (C=O) groups excluding carboxylic acids is 1. The molecule has 0 aliphatic rings. The van der Waals surface area contributed by atoms with Gasteiger partial charge in [-0.3, -0.25) is 4.79 Å². The second-order valence-electron chi connectivity index (χ2n) is 4.05. The van der Waals surface area contributed by atoms with Gasteiger partial charge in [0.25, 0.3) is 0 Å². The molecule has 0 bridgehead atoms. The minimum Gasteiger partial charge on any atom is -0.356 e. The van der Waals surface area contributed by atoms with Crippen molar-refractivity contribution in [2.45, 2.75) is 38.6 Å². The predicted molar refractivity (Wildman–Crippen MR) is 62.8 cm³/mol.